The van der Waals surface area contributed by atoms with Gasteiger partial charge in [0.05, 0.1) is 12.8 Å². The number of hydrogen-bond donors (Lipinski definition) is 6. The van der Waals surface area contributed by atoms with Crippen LogP contribution in [0.15, 0.2) is 0 Å². The van der Waals surface area contributed by atoms with Crippen molar-refractivity contribution in [2.45, 2.75) is 18.4 Å². The Labute approximate surface area is 115 Å². The minimum atomic E-state index is -5.38. The number of carboxylic acids is 1. The van der Waals surface area contributed by atoms with Gasteiger partial charge in [-0.05, 0) is 0 Å². The molecule has 0 aromatic rings. The SMILES string of the molecule is NC(=O)NOC(=O)CC(O)(CC(=O)O)C(=O)OP(=O)(O)O. The maximum absolute atomic E-state index is 11.3. The van der Waals surface area contributed by atoms with Crippen molar-refractivity contribution in [3.05, 3.63) is 0 Å². The second kappa shape index (κ2) is 6.99. The van der Waals surface area contributed by atoms with Crippen LogP contribution in [0.1, 0.15) is 12.8 Å². The number of phosphoric acid groups is 1. The van der Waals surface area contributed by atoms with Crippen molar-refractivity contribution >= 4 is 31.8 Å². The molecule has 0 aromatic heterocycles. The Hall–Kier alpha value is -2.21. The van der Waals surface area contributed by atoms with Crippen LogP contribution in [-0.4, -0.2) is 49.5 Å². The van der Waals surface area contributed by atoms with Gasteiger partial charge in [0.1, 0.15) is 0 Å². The number of rotatable bonds is 6. The molecule has 0 rings (SSSR count). The lowest BCUT2D eigenvalue weighted by molar-refractivity contribution is -0.172. The number of primary amides is 1. The summed E-state index contributed by atoms with van der Waals surface area (Å²) in [4.78, 5) is 64.1. The summed E-state index contributed by atoms with van der Waals surface area (Å²) in [5.41, 5.74) is 2.76. The van der Waals surface area contributed by atoms with E-state index in [9.17, 15) is 28.8 Å². The zero-order valence-corrected chi connectivity index (χ0v) is 11.0. The first kappa shape index (κ1) is 18.8. The van der Waals surface area contributed by atoms with E-state index in [4.69, 9.17) is 14.9 Å². The molecule has 1 atom stereocenters. The smallest absolute Gasteiger partial charge is 0.481 e. The quantitative estimate of drug-likeness (QED) is 0.218. The number of carboxylic acid groups (broad SMARTS) is 1. The van der Waals surface area contributed by atoms with Crippen LogP contribution in [0.2, 0.25) is 0 Å². The molecule has 0 fully saturated rings. The number of phosphoric ester groups is 1. The maximum atomic E-state index is 11.3. The van der Waals surface area contributed by atoms with Gasteiger partial charge in [0.15, 0.2) is 5.60 Å². The first-order valence-electron chi connectivity index (χ1n) is 4.84. The first-order valence-corrected chi connectivity index (χ1v) is 6.37. The van der Waals surface area contributed by atoms with E-state index in [1.54, 1.807) is 0 Å². The van der Waals surface area contributed by atoms with E-state index < -0.39 is 50.2 Å². The zero-order chi connectivity index (χ0) is 16.8. The number of nitrogens with two attached hydrogens (primary N) is 1. The van der Waals surface area contributed by atoms with Crippen molar-refractivity contribution in [2.24, 2.45) is 5.73 Å². The molecule has 0 radical (unpaired) electrons. The topological polar surface area (TPSA) is 223 Å². The number of carbonyl (C=O) groups is 4. The Morgan fingerprint density at radius 1 is 1.19 bits per heavy atom. The second-order valence-electron chi connectivity index (χ2n) is 3.59. The van der Waals surface area contributed by atoms with Crippen molar-refractivity contribution in [3.8, 4) is 0 Å². The standard InChI is InChI=1S/C7H11N2O11P/c8-6(14)9-19-4(12)2-7(15,1-3(10)11)5(13)20-21(16,17)18/h15H,1-2H2,(H,10,11)(H3,8,9,14)(H2,16,17,18). The van der Waals surface area contributed by atoms with E-state index in [1.807, 2.05) is 0 Å². The monoisotopic (exact) mass is 330 g/mol. The van der Waals surface area contributed by atoms with Crippen LogP contribution >= 0.6 is 7.82 Å². The van der Waals surface area contributed by atoms with Gasteiger partial charge in [-0.3, -0.25) is 14.6 Å². The second-order valence-corrected chi connectivity index (χ2v) is 4.75. The lowest BCUT2D eigenvalue weighted by atomic mass is 9.96. The Balaban J connectivity index is 5.03. The minimum absolute atomic E-state index is 1.30. The average molecular weight is 330 g/mol. The number of aliphatic carboxylic acids is 1. The first-order chi connectivity index (χ1) is 9.35. The fourth-order valence-electron chi connectivity index (χ4n) is 1.03. The third-order valence-electron chi connectivity index (χ3n) is 1.73. The molecule has 0 aliphatic carbocycles. The van der Waals surface area contributed by atoms with Crippen LogP contribution in [0.4, 0.5) is 4.79 Å². The average Bonchev–Trinajstić information content (AvgIpc) is 2.22. The van der Waals surface area contributed by atoms with Crippen LogP contribution in [0.5, 0.6) is 0 Å². The highest BCUT2D eigenvalue weighted by molar-refractivity contribution is 7.46. The fourth-order valence-corrected chi connectivity index (χ4v) is 1.42. The number of carbonyl (C=O) groups excluding carboxylic acids is 3. The van der Waals surface area contributed by atoms with Crippen LogP contribution in [0.25, 0.3) is 0 Å². The van der Waals surface area contributed by atoms with Crippen molar-refractivity contribution in [1.82, 2.24) is 5.48 Å². The van der Waals surface area contributed by atoms with Gasteiger partial charge in [0.2, 0.25) is 0 Å². The van der Waals surface area contributed by atoms with Crippen molar-refractivity contribution in [2.75, 3.05) is 0 Å². The Morgan fingerprint density at radius 3 is 2.10 bits per heavy atom. The van der Waals surface area contributed by atoms with Crippen molar-refractivity contribution < 1.29 is 53.1 Å². The van der Waals surface area contributed by atoms with E-state index in [2.05, 4.69) is 15.1 Å². The molecule has 0 aromatic carbocycles. The normalized spacial score (nSPS) is 13.7. The van der Waals surface area contributed by atoms with Crippen molar-refractivity contribution in [3.63, 3.8) is 0 Å². The van der Waals surface area contributed by atoms with Crippen LogP contribution < -0.4 is 11.2 Å². The number of hydroxylamine groups is 1. The van der Waals surface area contributed by atoms with E-state index in [1.165, 1.54) is 5.48 Å². The van der Waals surface area contributed by atoms with E-state index in [0.717, 1.165) is 0 Å². The molecule has 0 saturated carbocycles. The molecule has 1 unspecified atom stereocenters. The molecule has 0 aliphatic rings. The predicted molar refractivity (Wildman–Crippen MR) is 58.8 cm³/mol. The van der Waals surface area contributed by atoms with Gasteiger partial charge in [0, 0.05) is 0 Å². The number of urea groups is 1. The Bertz CT molecular complexity index is 499. The van der Waals surface area contributed by atoms with E-state index >= 15 is 0 Å². The summed E-state index contributed by atoms with van der Waals surface area (Å²) in [6, 6.07) is -1.30. The summed E-state index contributed by atoms with van der Waals surface area (Å²) < 4.78 is 14.0. The van der Waals surface area contributed by atoms with Crippen LogP contribution in [0, 0.1) is 0 Å². The van der Waals surface area contributed by atoms with Crippen LogP contribution in [0.3, 0.4) is 0 Å². The van der Waals surface area contributed by atoms with Gasteiger partial charge < -0.3 is 25.3 Å². The largest absolute Gasteiger partial charge is 0.527 e. The molecule has 0 heterocycles. The minimum Gasteiger partial charge on any atom is -0.481 e. The maximum Gasteiger partial charge on any atom is 0.527 e. The molecule has 13 nitrogen and oxygen atoms in total. The molecule has 0 bridgehead atoms. The third kappa shape index (κ3) is 7.84. The summed E-state index contributed by atoms with van der Waals surface area (Å²) in [7, 11) is -5.38. The summed E-state index contributed by atoms with van der Waals surface area (Å²) in [5.74, 6) is -5.36. The number of nitrogens with one attached hydrogen (secondary N) is 1. The third-order valence-corrected chi connectivity index (χ3v) is 2.13. The highest BCUT2D eigenvalue weighted by Gasteiger charge is 2.45. The summed E-state index contributed by atoms with van der Waals surface area (Å²) in [6.07, 6.45) is -2.80. The van der Waals surface area contributed by atoms with Gasteiger partial charge in [-0.2, -0.15) is 5.48 Å². The molecule has 2 amide bonds. The molecular formula is C7H11N2O11P. The fraction of sp³-hybridized carbons (Fsp3) is 0.429. The zero-order valence-electron chi connectivity index (χ0n) is 10.1. The number of hydrogen-bond acceptors (Lipinski definition) is 8. The number of amides is 2. The van der Waals surface area contributed by atoms with Gasteiger partial charge in [-0.15, -0.1) is 0 Å². The van der Waals surface area contributed by atoms with Gasteiger partial charge >= 0.3 is 31.8 Å². The van der Waals surface area contributed by atoms with E-state index in [-0.39, 0.29) is 0 Å². The van der Waals surface area contributed by atoms with Gasteiger partial charge in [-0.25, -0.2) is 18.9 Å². The molecule has 120 valence electrons. The number of aliphatic hydroxyl groups is 1. The summed E-state index contributed by atoms with van der Waals surface area (Å²) >= 11 is 0. The molecular weight excluding hydrogens is 319 g/mol. The molecule has 0 spiro atoms. The lowest BCUT2D eigenvalue weighted by Gasteiger charge is -2.22. The van der Waals surface area contributed by atoms with Crippen molar-refractivity contribution in [1.29, 1.82) is 0 Å². The van der Waals surface area contributed by atoms with E-state index in [0.29, 0.717) is 0 Å². The molecule has 14 heteroatoms. The van der Waals surface area contributed by atoms with Crippen LogP contribution in [-0.2, 0) is 28.3 Å². The summed E-state index contributed by atoms with van der Waals surface area (Å²) in [5, 5.41) is 18.2. The highest BCUT2D eigenvalue weighted by atomic mass is 31.2. The lowest BCUT2D eigenvalue weighted by Crippen LogP contribution is -2.45. The predicted octanol–water partition coefficient (Wildman–Crippen LogP) is -2.66. The molecule has 21 heavy (non-hydrogen) atoms. The highest BCUT2D eigenvalue weighted by Crippen LogP contribution is 2.38. The Morgan fingerprint density at radius 2 is 1.71 bits per heavy atom. The molecule has 0 saturated heterocycles. The summed E-state index contributed by atoms with van der Waals surface area (Å²) in [6.45, 7) is 0. The molecule has 7 N–H and O–H groups in total. The van der Waals surface area contributed by atoms with Gasteiger partial charge in [-0.1, -0.05) is 0 Å². The Kier molecular flexibility index (Phi) is 6.25. The van der Waals surface area contributed by atoms with Gasteiger partial charge in [0.25, 0.3) is 0 Å². The molecule has 0 aliphatic heterocycles.